The van der Waals surface area contributed by atoms with E-state index in [2.05, 4.69) is 16.0 Å². The van der Waals surface area contributed by atoms with Gasteiger partial charge in [-0.2, -0.15) is 0 Å². The van der Waals surface area contributed by atoms with Gasteiger partial charge in [0.2, 0.25) is 17.7 Å². The maximum Gasteiger partial charge on any atom is 0.364 e. The number of ether oxygens (including phenoxy) is 9. The second-order valence-electron chi connectivity index (χ2n) is 17.6. The van der Waals surface area contributed by atoms with Gasteiger partial charge >= 0.3 is 5.97 Å². The third kappa shape index (κ3) is 13.1. The maximum absolute atomic E-state index is 12.9. The number of amides is 3. The summed E-state index contributed by atoms with van der Waals surface area (Å²) in [6, 6.07) is -5.14. The number of aliphatic carboxylic acids is 1. The zero-order valence-electron chi connectivity index (χ0n) is 38.3. The minimum atomic E-state index is -3.22. The van der Waals surface area contributed by atoms with Crippen molar-refractivity contribution >= 4 is 23.7 Å². The van der Waals surface area contributed by atoms with E-state index < -0.39 is 229 Å². The maximum atomic E-state index is 12.9. The van der Waals surface area contributed by atoms with E-state index in [4.69, 9.17) is 42.6 Å². The van der Waals surface area contributed by atoms with Crippen molar-refractivity contribution in [1.82, 2.24) is 16.0 Å². The van der Waals surface area contributed by atoms with E-state index in [-0.39, 0.29) is 0 Å². The van der Waals surface area contributed by atoms with Crippen LogP contribution in [-0.2, 0) is 61.8 Å². The fraction of sp³-hybridized carbons (Fsp3) is 0.897. The first-order valence-corrected chi connectivity index (χ1v) is 22.4. The van der Waals surface area contributed by atoms with Crippen LogP contribution in [0, 0.1) is 0 Å². The lowest BCUT2D eigenvalue weighted by atomic mass is 9.88. The van der Waals surface area contributed by atoms with Gasteiger partial charge in [-0.25, -0.2) is 4.79 Å². The van der Waals surface area contributed by atoms with Crippen molar-refractivity contribution in [3.8, 4) is 0 Å². The standard InChI is InChI=1S/C39H65N3O30/c1-10(48)40-20-26(57)30(16(7-46)68-35(20)64-9-17-25(56)31(21(34(61)65-17)41-11(2)49)70-36-28(59)27(58)23(54)14(5-44)66-36)69-37-29(60)33(24(55)15(6-45)67-37)72-39(38(62)63)3-12(50)19(42-18(52)8-47)32(71-39)22(53)13(51)4-43/h12-17,19-37,43-47,50-51,53-61H,3-9H2,1-2H3,(H,40,48)(H,41,49)(H,42,52)(H,62,63)/t12-,13+,14+,15+,16+,17+,19+,20+,21+,22+,23-,24-,25-,26+,27-,28+,29+,30+,31+,32+,33-,34-,35+,36-,37-,39-/m0/s1. The molecule has 20 N–H and O–H groups in total. The topological polar surface area (TPSA) is 531 Å². The smallest absolute Gasteiger partial charge is 0.364 e. The molecule has 26 atom stereocenters. The fourth-order valence-electron chi connectivity index (χ4n) is 8.84. The Kier molecular flexibility index (Phi) is 21.3. The molecule has 5 saturated heterocycles. The van der Waals surface area contributed by atoms with Gasteiger partial charge in [0.25, 0.3) is 5.79 Å². The van der Waals surface area contributed by atoms with E-state index in [0.717, 1.165) is 13.8 Å². The summed E-state index contributed by atoms with van der Waals surface area (Å²) in [5.41, 5.74) is 0. The van der Waals surface area contributed by atoms with Crippen molar-refractivity contribution in [3.05, 3.63) is 0 Å². The predicted octanol–water partition coefficient (Wildman–Crippen LogP) is -13.3. The number of rotatable bonds is 20. The molecule has 0 spiro atoms. The average molecular weight is 1060 g/mol. The number of carbonyl (C=O) groups is 4. The molecular formula is C39H65N3O30. The number of aliphatic hydroxyl groups is 16. The zero-order valence-corrected chi connectivity index (χ0v) is 38.3. The van der Waals surface area contributed by atoms with Crippen molar-refractivity contribution < 1.29 is 149 Å². The van der Waals surface area contributed by atoms with Gasteiger partial charge in [-0.15, -0.1) is 0 Å². The Hall–Kier alpha value is -3.12. The third-order valence-corrected chi connectivity index (χ3v) is 12.6. The minimum Gasteiger partial charge on any atom is -0.477 e. The SMILES string of the molecule is CC(=O)N[C@@H]1[C@@H](O[C@@H]2O[C@H](CO)[C@H](O)[C@H](O)[C@H]2O)[C@@H](O)[C@@H](CO[C@@H]2O[C@H](CO)[C@@H](O[C@@H]3O[C@H](CO)[C@H](O)[C@H](O[C@]4(C(=O)O)C[C@H](O)[C@@H](NC(=O)CO)[C@H]([C@H](O)[C@H](O)CO)O4)[C@H]3O)[C@H](O)[C@H]2NC(C)=O)O[C@@H]1O. The number of aliphatic hydroxyl groups excluding tert-OH is 16. The molecule has 5 aliphatic heterocycles. The number of carboxylic acids is 1. The average Bonchev–Trinajstić information content (AvgIpc) is 3.33. The first-order valence-electron chi connectivity index (χ1n) is 22.4. The monoisotopic (exact) mass is 1060 g/mol. The molecule has 0 aromatic carbocycles. The molecule has 3 amide bonds. The molecule has 0 unspecified atom stereocenters. The van der Waals surface area contributed by atoms with Crippen LogP contribution in [0.4, 0.5) is 0 Å². The predicted molar refractivity (Wildman–Crippen MR) is 220 cm³/mol. The van der Waals surface area contributed by atoms with Gasteiger partial charge in [-0.3, -0.25) is 14.4 Å². The van der Waals surface area contributed by atoms with Gasteiger partial charge in [0.05, 0.1) is 45.2 Å². The number of nitrogens with one attached hydrogen (secondary N) is 3. The summed E-state index contributed by atoms with van der Waals surface area (Å²) in [5.74, 6) is -8.10. The van der Waals surface area contributed by atoms with E-state index in [9.17, 15) is 106 Å². The largest absolute Gasteiger partial charge is 0.477 e. The summed E-state index contributed by atoms with van der Waals surface area (Å²) in [5, 5.41) is 187. The molecule has 5 rings (SSSR count). The summed E-state index contributed by atoms with van der Waals surface area (Å²) < 4.78 is 50.8. The molecule has 5 heterocycles. The Morgan fingerprint density at radius 1 is 0.597 bits per heavy atom. The van der Waals surface area contributed by atoms with Gasteiger partial charge < -0.3 is 145 Å². The van der Waals surface area contributed by atoms with Crippen LogP contribution >= 0.6 is 0 Å². The number of carbonyl (C=O) groups excluding carboxylic acids is 3. The molecule has 33 heteroatoms. The van der Waals surface area contributed by atoms with Gasteiger partial charge in [0.15, 0.2) is 25.2 Å². The summed E-state index contributed by atoms with van der Waals surface area (Å²) in [4.78, 5) is 49.6. The molecule has 5 fully saturated rings. The number of carboxylic acid groups (broad SMARTS) is 1. The first kappa shape index (κ1) is 59.8. The number of hydrogen-bond acceptors (Lipinski definition) is 29. The second kappa shape index (κ2) is 25.6. The molecule has 416 valence electrons. The van der Waals surface area contributed by atoms with Crippen LogP contribution in [0.5, 0.6) is 0 Å². The van der Waals surface area contributed by atoms with E-state index >= 15 is 0 Å². The molecule has 0 saturated carbocycles. The van der Waals surface area contributed by atoms with Gasteiger partial charge in [-0.05, 0) is 0 Å². The lowest BCUT2D eigenvalue weighted by Gasteiger charge is -2.51. The molecule has 5 aliphatic rings. The molecule has 0 radical (unpaired) electrons. The van der Waals surface area contributed by atoms with Crippen molar-refractivity contribution in [3.63, 3.8) is 0 Å². The molecule has 0 aromatic heterocycles. The van der Waals surface area contributed by atoms with E-state index in [1.165, 1.54) is 0 Å². The quantitative estimate of drug-likeness (QED) is 0.0538. The van der Waals surface area contributed by atoms with E-state index in [0.29, 0.717) is 0 Å². The van der Waals surface area contributed by atoms with Crippen LogP contribution in [0.2, 0.25) is 0 Å². The van der Waals surface area contributed by atoms with Crippen molar-refractivity contribution in [2.24, 2.45) is 0 Å². The van der Waals surface area contributed by atoms with Crippen LogP contribution < -0.4 is 16.0 Å². The molecule has 72 heavy (non-hydrogen) atoms. The van der Waals surface area contributed by atoms with Crippen molar-refractivity contribution in [1.29, 1.82) is 0 Å². The Labute approximate surface area is 406 Å². The van der Waals surface area contributed by atoms with Gasteiger partial charge in [0, 0.05) is 20.3 Å². The summed E-state index contributed by atoms with van der Waals surface area (Å²) in [7, 11) is 0. The van der Waals surface area contributed by atoms with Crippen LogP contribution in [-0.4, -0.2) is 309 Å². The summed E-state index contributed by atoms with van der Waals surface area (Å²) >= 11 is 0. The molecule has 0 aromatic rings. The highest BCUT2D eigenvalue weighted by Gasteiger charge is 2.61. The Balaban J connectivity index is 1.37. The van der Waals surface area contributed by atoms with Gasteiger partial charge in [-0.1, -0.05) is 0 Å². The highest BCUT2D eigenvalue weighted by molar-refractivity contribution is 5.78. The van der Waals surface area contributed by atoms with Gasteiger partial charge in [0.1, 0.15) is 122 Å². The minimum absolute atomic E-state index is 0.770. The highest BCUT2D eigenvalue weighted by Crippen LogP contribution is 2.39. The lowest BCUT2D eigenvalue weighted by Crippen LogP contribution is -2.71. The van der Waals surface area contributed by atoms with Crippen LogP contribution in [0.25, 0.3) is 0 Å². The van der Waals surface area contributed by atoms with E-state index in [1.54, 1.807) is 0 Å². The van der Waals surface area contributed by atoms with Crippen molar-refractivity contribution in [2.45, 2.75) is 179 Å². The molecule has 0 bridgehead atoms. The Morgan fingerprint density at radius 3 is 1.69 bits per heavy atom. The molecule has 0 aliphatic carbocycles. The lowest BCUT2D eigenvalue weighted by molar-refractivity contribution is -0.383. The van der Waals surface area contributed by atoms with E-state index in [1.807, 2.05) is 0 Å². The molecular weight excluding hydrogens is 990 g/mol. The third-order valence-electron chi connectivity index (χ3n) is 12.6. The zero-order chi connectivity index (χ0) is 53.7. The number of hydrogen-bond donors (Lipinski definition) is 20. The van der Waals surface area contributed by atoms with Crippen LogP contribution in [0.3, 0.4) is 0 Å². The van der Waals surface area contributed by atoms with Crippen LogP contribution in [0.15, 0.2) is 0 Å². The Bertz CT molecular complexity index is 1790. The first-order chi connectivity index (χ1) is 33.9. The summed E-state index contributed by atoms with van der Waals surface area (Å²) in [6.07, 6.45) is -44.9. The fourth-order valence-corrected chi connectivity index (χ4v) is 8.84. The second-order valence-corrected chi connectivity index (χ2v) is 17.6. The normalized spacial score (nSPS) is 44.6. The highest BCUT2D eigenvalue weighted by atomic mass is 16.8. The Morgan fingerprint density at radius 2 is 1.14 bits per heavy atom. The molecule has 33 nitrogen and oxygen atoms in total. The van der Waals surface area contributed by atoms with Crippen molar-refractivity contribution in [2.75, 3.05) is 39.6 Å². The van der Waals surface area contributed by atoms with Crippen LogP contribution in [0.1, 0.15) is 20.3 Å². The summed E-state index contributed by atoms with van der Waals surface area (Å²) in [6.45, 7) is -4.19.